The molecule has 2 N–H and O–H groups in total. The van der Waals surface area contributed by atoms with E-state index in [1.165, 1.54) is 19.2 Å². The molecule has 0 aromatic heterocycles. The number of rotatable bonds is 14. The zero-order chi connectivity index (χ0) is 46.0. The predicted octanol–water partition coefficient (Wildman–Crippen LogP) is 10.9. The van der Waals surface area contributed by atoms with Crippen molar-refractivity contribution in [3.05, 3.63) is 73.7 Å². The first kappa shape index (κ1) is 54.1. The predicted molar refractivity (Wildman–Crippen MR) is 243 cm³/mol. The van der Waals surface area contributed by atoms with Crippen LogP contribution in [0.5, 0.6) is 5.75 Å². The first-order valence-corrected chi connectivity index (χ1v) is 27.6. The van der Waals surface area contributed by atoms with Gasteiger partial charge in [-0.15, -0.1) is 0 Å². The number of ether oxygens (including phenoxy) is 3. The number of fused-ring (bicyclic) bond motifs is 1. The molecule has 2 aliphatic rings. The molecule has 2 heterocycles. The Balaban J connectivity index is 0.000000342. The van der Waals surface area contributed by atoms with Gasteiger partial charge in [0.05, 0.1) is 43.8 Å². The normalized spacial score (nSPS) is 20.2. The van der Waals surface area contributed by atoms with Crippen LogP contribution in [0.1, 0.15) is 85.4 Å². The fourth-order valence-electron chi connectivity index (χ4n) is 5.79. The summed E-state index contributed by atoms with van der Waals surface area (Å²) in [6.07, 6.45) is 3.48. The third kappa shape index (κ3) is 14.8. The van der Waals surface area contributed by atoms with Crippen molar-refractivity contribution in [3.8, 4) is 5.75 Å². The molecule has 11 nitrogen and oxygen atoms in total. The number of methoxy groups -OCH3 is 1. The third-order valence-corrected chi connectivity index (χ3v) is 22.1. The first-order chi connectivity index (χ1) is 27.6. The van der Waals surface area contributed by atoms with E-state index >= 15 is 0 Å². The Morgan fingerprint density at radius 2 is 1.53 bits per heavy atom. The maximum absolute atomic E-state index is 14.5. The minimum Gasteiger partial charge on any atom is -0.495 e. The van der Waals surface area contributed by atoms with E-state index in [1.807, 2.05) is 38.4 Å². The van der Waals surface area contributed by atoms with E-state index < -0.39 is 28.5 Å². The van der Waals surface area contributed by atoms with Crippen LogP contribution >= 0.6 is 31.9 Å². The van der Waals surface area contributed by atoms with Crippen LogP contribution in [0, 0.1) is 24.5 Å². The van der Waals surface area contributed by atoms with Gasteiger partial charge in [0, 0.05) is 22.0 Å². The zero-order valence-corrected chi connectivity index (χ0v) is 43.2. The summed E-state index contributed by atoms with van der Waals surface area (Å²) >= 11 is 6.66. The number of carbonyl (C=O) groups excluding carboxylic acids is 2. The quantitative estimate of drug-likeness (QED) is 0.0813. The van der Waals surface area contributed by atoms with Crippen LogP contribution in [0.3, 0.4) is 0 Å². The highest BCUT2D eigenvalue weighted by Crippen LogP contribution is 2.42. The summed E-state index contributed by atoms with van der Waals surface area (Å²) in [5, 5.41) is 10.4. The lowest BCUT2D eigenvalue weighted by Gasteiger charge is -2.37. The van der Waals surface area contributed by atoms with Crippen LogP contribution in [0.15, 0.2) is 45.4 Å². The van der Waals surface area contributed by atoms with Crippen LogP contribution in [0.4, 0.5) is 8.78 Å². The average Bonchev–Trinajstić information content (AvgIpc) is 3.67. The number of hydrogen-bond acceptors (Lipinski definition) is 11. The molecular formula is C43H68Br2F2N2O9Si2. The van der Waals surface area contributed by atoms with Crippen LogP contribution < -0.4 is 10.2 Å². The number of carbonyl (C=O) groups is 2. The Kier molecular flexibility index (Phi) is 20.8. The third-order valence-electron chi connectivity index (χ3n) is 11.6. The summed E-state index contributed by atoms with van der Waals surface area (Å²) in [6.45, 7) is 30.6. The van der Waals surface area contributed by atoms with Crippen molar-refractivity contribution in [1.29, 1.82) is 0 Å². The summed E-state index contributed by atoms with van der Waals surface area (Å²) in [6, 6.07) is 5.42. The van der Waals surface area contributed by atoms with E-state index in [1.54, 1.807) is 24.1 Å². The first-order valence-electron chi connectivity index (χ1n) is 20.2. The summed E-state index contributed by atoms with van der Waals surface area (Å²) in [4.78, 5) is 29.8. The van der Waals surface area contributed by atoms with E-state index in [2.05, 4.69) is 99.6 Å². The monoisotopic (exact) mass is 1010 g/mol. The summed E-state index contributed by atoms with van der Waals surface area (Å²) < 4.78 is 57.1. The Hall–Kier alpha value is -2.07. The minimum absolute atomic E-state index is 0.00838. The van der Waals surface area contributed by atoms with Crippen molar-refractivity contribution < 1.29 is 51.5 Å². The lowest BCUT2D eigenvalue weighted by molar-refractivity contribution is -0.195. The minimum atomic E-state index is -1.97. The van der Waals surface area contributed by atoms with Gasteiger partial charge in [0.25, 0.3) is 0 Å². The molecule has 0 radical (unpaired) electrons. The van der Waals surface area contributed by atoms with Crippen molar-refractivity contribution in [1.82, 2.24) is 10.5 Å². The van der Waals surface area contributed by atoms with Crippen LogP contribution in [-0.2, 0) is 45.8 Å². The standard InChI is InChI=1S/C21H31BrFNO4Si.C14H28O3Si.C8H9BrFNO2/c1-12-14(16(23)9-8-15(12)22)10-24-19-18(13(2)27-20(19)25)17(28-24)11-26-29(6,7)21(3,4)5;1-8-13(15)17-12(2)10-9-11-16-18(6,7)14(3,4)5;1-13-8-5(4-11-12)7(10)3-2-6(8)9/h8-9,13,17-19H,10-11H2,1-7H3;9-10,12H,8,11H2,1-7H3;2-3,11-12H,4H2,1H3/b;10-9-;/t13-,17-,18+,19-;12-;/m00./s1. The van der Waals surface area contributed by atoms with Gasteiger partial charge < -0.3 is 28.3 Å². The molecule has 5 atom stereocenters. The molecule has 2 aromatic carbocycles. The molecule has 2 aliphatic heterocycles. The highest BCUT2D eigenvalue weighted by molar-refractivity contribution is 9.10. The number of nitrogens with one attached hydrogen (secondary N) is 1. The molecule has 0 bridgehead atoms. The Bertz CT molecular complexity index is 1770. The highest BCUT2D eigenvalue weighted by Gasteiger charge is 2.57. The summed E-state index contributed by atoms with van der Waals surface area (Å²) in [5.74, 6) is -0.958. The van der Waals surface area contributed by atoms with E-state index in [0.29, 0.717) is 41.0 Å². The van der Waals surface area contributed by atoms with Crippen LogP contribution in [0.2, 0.25) is 36.3 Å². The maximum atomic E-state index is 14.5. The number of nitrogens with zero attached hydrogens (tertiary/aromatic N) is 1. The number of hydroxylamine groups is 3. The molecule has 2 aromatic rings. The summed E-state index contributed by atoms with van der Waals surface area (Å²) in [7, 11) is -2.20. The van der Waals surface area contributed by atoms with Gasteiger partial charge in [-0.1, -0.05) is 70.5 Å². The smallest absolute Gasteiger partial charge is 0.326 e. The molecule has 2 fully saturated rings. The molecule has 60 heavy (non-hydrogen) atoms. The fourth-order valence-corrected chi connectivity index (χ4v) is 8.65. The Morgan fingerprint density at radius 1 is 0.983 bits per heavy atom. The number of cyclic esters (lactones) is 1. The van der Waals surface area contributed by atoms with Crippen molar-refractivity contribution in [2.45, 2.75) is 149 Å². The topological polar surface area (TPSA) is 125 Å². The van der Waals surface area contributed by atoms with Gasteiger partial charge in [0.1, 0.15) is 41.7 Å². The lowest BCUT2D eigenvalue weighted by Crippen LogP contribution is -2.44. The molecule has 17 heteroatoms. The Morgan fingerprint density at radius 3 is 2.07 bits per heavy atom. The second-order valence-electron chi connectivity index (χ2n) is 18.0. The average molecular weight is 1010 g/mol. The lowest BCUT2D eigenvalue weighted by atomic mass is 9.93. The number of benzene rings is 2. The largest absolute Gasteiger partial charge is 0.495 e. The van der Waals surface area contributed by atoms with Gasteiger partial charge in [-0.25, -0.2) is 14.3 Å². The van der Waals surface area contributed by atoms with Gasteiger partial charge in [-0.2, -0.15) is 5.06 Å². The van der Waals surface area contributed by atoms with Gasteiger partial charge >= 0.3 is 11.9 Å². The molecule has 340 valence electrons. The zero-order valence-electron chi connectivity index (χ0n) is 38.1. The fraction of sp³-hybridized carbons (Fsp3) is 0.628. The van der Waals surface area contributed by atoms with Crippen molar-refractivity contribution in [3.63, 3.8) is 0 Å². The molecule has 0 amide bonds. The highest BCUT2D eigenvalue weighted by atomic mass is 79.9. The van der Waals surface area contributed by atoms with Gasteiger partial charge in [0.2, 0.25) is 0 Å². The van der Waals surface area contributed by atoms with E-state index in [4.69, 9.17) is 33.1 Å². The number of esters is 2. The molecule has 0 unspecified atom stereocenters. The molecule has 0 aliphatic carbocycles. The van der Waals surface area contributed by atoms with Gasteiger partial charge in [-0.3, -0.25) is 14.4 Å². The SMILES string of the molecule is CCC(=O)O[C@@H](C)/C=C\CO[Si](C)(C)C(C)(C)C.COc1c(Br)ccc(F)c1CNO.Cc1c(Br)ccc(F)c1CN1O[C@@H](CO[Si](C)(C)C(C)(C)C)[C@H]2[C@H](C)OC(=O)[C@H]21. The van der Waals surface area contributed by atoms with Gasteiger partial charge in [-0.05, 0) is 109 Å². The number of halogens is 4. The second kappa shape index (κ2) is 23.0. The van der Waals surface area contributed by atoms with Crippen LogP contribution in [-0.4, -0.2) is 83.5 Å². The second-order valence-corrected chi connectivity index (χ2v) is 29.3. The molecule has 4 rings (SSSR count). The van der Waals surface area contributed by atoms with Crippen LogP contribution in [0.25, 0.3) is 0 Å². The molecule has 0 saturated carbocycles. The van der Waals surface area contributed by atoms with Crippen molar-refractivity contribution in [2.24, 2.45) is 5.92 Å². The Labute approximate surface area is 375 Å². The maximum Gasteiger partial charge on any atom is 0.326 e. The molecule has 2 saturated heterocycles. The molecular weight excluding hydrogens is 942 g/mol. The van der Waals surface area contributed by atoms with E-state index in [-0.39, 0.29) is 65.2 Å². The number of hydrogen-bond donors (Lipinski definition) is 2. The molecule has 0 spiro atoms. The van der Waals surface area contributed by atoms with E-state index in [9.17, 15) is 18.4 Å². The summed E-state index contributed by atoms with van der Waals surface area (Å²) in [5.41, 5.74) is 3.48. The van der Waals surface area contributed by atoms with Gasteiger partial charge in [0.15, 0.2) is 16.6 Å². The van der Waals surface area contributed by atoms with Crippen molar-refractivity contribution in [2.75, 3.05) is 20.3 Å². The van der Waals surface area contributed by atoms with Crippen molar-refractivity contribution >= 4 is 60.4 Å². The van der Waals surface area contributed by atoms with E-state index in [0.717, 1.165) is 10.0 Å².